The highest BCUT2D eigenvalue weighted by Gasteiger charge is 2.31. The van der Waals surface area contributed by atoms with E-state index in [0.29, 0.717) is 31.9 Å². The molecule has 4 rings (SSSR count). The monoisotopic (exact) mass is 354 g/mol. The number of para-hydroxylation sites is 2. The fourth-order valence-electron chi connectivity index (χ4n) is 3.35. The standard InChI is InChI=1S/C18H22N6O2/c1-19-16-7-17(22-11-21-16)24-10-13(25)6-12(24)8-20-9-18-23-14-4-2-3-5-15(14)26-18/h2-5,7,11-13,20,25H,6,8-10H2,1H3,(H,19,21,22)/t12-,13-/m1/s1. The van der Waals surface area contributed by atoms with Gasteiger partial charge in [0.25, 0.3) is 0 Å². The van der Waals surface area contributed by atoms with Gasteiger partial charge in [-0.25, -0.2) is 15.0 Å². The summed E-state index contributed by atoms with van der Waals surface area (Å²) in [6, 6.07) is 9.77. The molecule has 1 saturated heterocycles. The van der Waals surface area contributed by atoms with Crippen molar-refractivity contribution < 1.29 is 9.52 Å². The third kappa shape index (κ3) is 3.47. The lowest BCUT2D eigenvalue weighted by Crippen LogP contribution is -2.38. The topological polar surface area (TPSA) is 99.3 Å². The van der Waals surface area contributed by atoms with Gasteiger partial charge in [0.05, 0.1) is 12.6 Å². The maximum atomic E-state index is 10.1. The summed E-state index contributed by atoms with van der Waals surface area (Å²) in [6.45, 7) is 1.81. The largest absolute Gasteiger partial charge is 0.439 e. The van der Waals surface area contributed by atoms with Crippen LogP contribution in [0, 0.1) is 0 Å². The summed E-state index contributed by atoms with van der Waals surface area (Å²) >= 11 is 0. The summed E-state index contributed by atoms with van der Waals surface area (Å²) in [5, 5.41) is 16.5. The van der Waals surface area contributed by atoms with Gasteiger partial charge in [-0.05, 0) is 18.6 Å². The minimum atomic E-state index is -0.362. The Labute approximate surface area is 151 Å². The minimum absolute atomic E-state index is 0.147. The lowest BCUT2D eigenvalue weighted by atomic mass is 10.2. The van der Waals surface area contributed by atoms with E-state index in [1.165, 1.54) is 6.33 Å². The maximum absolute atomic E-state index is 10.1. The van der Waals surface area contributed by atoms with Gasteiger partial charge in [-0.1, -0.05) is 12.1 Å². The van der Waals surface area contributed by atoms with Crippen LogP contribution in [0.2, 0.25) is 0 Å². The number of hydrogen-bond donors (Lipinski definition) is 3. The fraction of sp³-hybridized carbons (Fsp3) is 0.389. The van der Waals surface area contributed by atoms with E-state index in [-0.39, 0.29) is 12.1 Å². The van der Waals surface area contributed by atoms with Crippen LogP contribution < -0.4 is 15.5 Å². The van der Waals surface area contributed by atoms with E-state index in [2.05, 4.69) is 30.5 Å². The van der Waals surface area contributed by atoms with Crippen molar-refractivity contribution in [1.29, 1.82) is 0 Å². The van der Waals surface area contributed by atoms with E-state index >= 15 is 0 Å². The zero-order valence-electron chi connectivity index (χ0n) is 14.6. The highest BCUT2D eigenvalue weighted by molar-refractivity contribution is 5.72. The number of hydrogen-bond acceptors (Lipinski definition) is 8. The lowest BCUT2D eigenvalue weighted by molar-refractivity contribution is 0.194. The number of aromatic nitrogens is 3. The Kier molecular flexibility index (Phi) is 4.68. The highest BCUT2D eigenvalue weighted by atomic mass is 16.3. The molecule has 2 atom stereocenters. The summed E-state index contributed by atoms with van der Waals surface area (Å²) in [4.78, 5) is 15.1. The van der Waals surface area contributed by atoms with Gasteiger partial charge in [-0.2, -0.15) is 0 Å². The van der Waals surface area contributed by atoms with Crippen molar-refractivity contribution in [3.8, 4) is 0 Å². The Morgan fingerprint density at radius 2 is 2.19 bits per heavy atom. The Morgan fingerprint density at radius 1 is 1.31 bits per heavy atom. The molecule has 1 aliphatic heterocycles. The molecule has 0 spiro atoms. The van der Waals surface area contributed by atoms with Crippen LogP contribution in [-0.4, -0.2) is 52.3 Å². The average Bonchev–Trinajstić information content (AvgIpc) is 3.24. The van der Waals surface area contributed by atoms with Gasteiger partial charge in [0.15, 0.2) is 5.58 Å². The Hall–Kier alpha value is -2.71. The lowest BCUT2D eigenvalue weighted by Gasteiger charge is -2.25. The second kappa shape index (κ2) is 7.27. The molecule has 2 aromatic heterocycles. The summed E-state index contributed by atoms with van der Waals surface area (Å²) in [6.07, 6.45) is 1.87. The quantitative estimate of drug-likeness (QED) is 0.611. The number of anilines is 2. The van der Waals surface area contributed by atoms with Gasteiger partial charge in [0.2, 0.25) is 5.89 Å². The summed E-state index contributed by atoms with van der Waals surface area (Å²) < 4.78 is 5.73. The molecule has 3 heterocycles. The van der Waals surface area contributed by atoms with E-state index < -0.39 is 0 Å². The molecule has 1 aromatic carbocycles. The number of oxazole rings is 1. The number of benzene rings is 1. The third-order valence-corrected chi connectivity index (χ3v) is 4.59. The molecule has 1 aliphatic rings. The number of nitrogens with zero attached hydrogens (tertiary/aromatic N) is 4. The molecule has 136 valence electrons. The molecule has 0 bridgehead atoms. The third-order valence-electron chi connectivity index (χ3n) is 4.59. The molecular weight excluding hydrogens is 332 g/mol. The molecule has 3 aromatic rings. The van der Waals surface area contributed by atoms with Gasteiger partial charge in [-0.3, -0.25) is 0 Å². The molecule has 3 N–H and O–H groups in total. The first-order chi connectivity index (χ1) is 12.7. The predicted octanol–water partition coefficient (Wildman–Crippen LogP) is 1.39. The van der Waals surface area contributed by atoms with Crippen molar-refractivity contribution in [3.05, 3.63) is 42.5 Å². The molecule has 0 radical (unpaired) electrons. The molecule has 8 nitrogen and oxygen atoms in total. The second-order valence-electron chi connectivity index (χ2n) is 6.41. The summed E-state index contributed by atoms with van der Waals surface area (Å²) in [7, 11) is 1.82. The van der Waals surface area contributed by atoms with Crippen LogP contribution in [0.1, 0.15) is 12.3 Å². The van der Waals surface area contributed by atoms with E-state index in [1.807, 2.05) is 37.4 Å². The Morgan fingerprint density at radius 3 is 3.04 bits per heavy atom. The van der Waals surface area contributed by atoms with E-state index in [0.717, 1.165) is 22.7 Å². The molecule has 0 aliphatic carbocycles. The van der Waals surface area contributed by atoms with Gasteiger partial charge in [0, 0.05) is 32.2 Å². The summed E-state index contributed by atoms with van der Waals surface area (Å²) in [5.74, 6) is 2.24. The number of fused-ring (bicyclic) bond motifs is 1. The fourth-order valence-corrected chi connectivity index (χ4v) is 3.35. The van der Waals surface area contributed by atoms with Crippen LogP contribution in [0.5, 0.6) is 0 Å². The number of nitrogens with one attached hydrogen (secondary N) is 2. The zero-order valence-corrected chi connectivity index (χ0v) is 14.6. The normalized spacial score (nSPS) is 20.0. The van der Waals surface area contributed by atoms with Crippen molar-refractivity contribution in [2.45, 2.75) is 25.1 Å². The second-order valence-corrected chi connectivity index (χ2v) is 6.41. The van der Waals surface area contributed by atoms with Crippen LogP contribution in [0.4, 0.5) is 11.6 Å². The van der Waals surface area contributed by atoms with Gasteiger partial charge >= 0.3 is 0 Å². The van der Waals surface area contributed by atoms with Gasteiger partial charge < -0.3 is 25.1 Å². The Balaban J connectivity index is 1.40. The summed E-state index contributed by atoms with van der Waals surface area (Å²) in [5.41, 5.74) is 1.66. The van der Waals surface area contributed by atoms with Crippen molar-refractivity contribution in [2.24, 2.45) is 0 Å². The van der Waals surface area contributed by atoms with Gasteiger partial charge in [-0.15, -0.1) is 0 Å². The first-order valence-electron chi connectivity index (χ1n) is 8.72. The molecule has 1 fully saturated rings. The number of aliphatic hydroxyl groups excluding tert-OH is 1. The Bertz CT molecular complexity index is 850. The zero-order chi connectivity index (χ0) is 17.9. The maximum Gasteiger partial charge on any atom is 0.209 e. The molecule has 0 saturated carbocycles. The van der Waals surface area contributed by atoms with E-state index in [9.17, 15) is 5.11 Å². The number of β-amino-alcohol motifs (C(OH)–C–C–N with tert-alkyl or cyclic N) is 1. The minimum Gasteiger partial charge on any atom is -0.439 e. The van der Waals surface area contributed by atoms with Crippen molar-refractivity contribution in [3.63, 3.8) is 0 Å². The van der Waals surface area contributed by atoms with Crippen molar-refractivity contribution in [2.75, 3.05) is 30.4 Å². The van der Waals surface area contributed by atoms with Crippen LogP contribution in [-0.2, 0) is 6.54 Å². The van der Waals surface area contributed by atoms with Crippen molar-refractivity contribution in [1.82, 2.24) is 20.3 Å². The number of rotatable bonds is 6. The average molecular weight is 354 g/mol. The van der Waals surface area contributed by atoms with Crippen LogP contribution in [0.15, 0.2) is 41.1 Å². The van der Waals surface area contributed by atoms with Crippen LogP contribution >= 0.6 is 0 Å². The SMILES string of the molecule is CNc1cc(N2C[C@H](O)C[C@@H]2CNCc2nc3ccccc3o2)ncn1. The van der Waals surface area contributed by atoms with Crippen LogP contribution in [0.3, 0.4) is 0 Å². The van der Waals surface area contributed by atoms with Crippen molar-refractivity contribution >= 4 is 22.7 Å². The molecular formula is C18H22N6O2. The van der Waals surface area contributed by atoms with Crippen LogP contribution in [0.25, 0.3) is 11.1 Å². The molecule has 0 unspecified atom stereocenters. The predicted molar refractivity (Wildman–Crippen MR) is 99.1 cm³/mol. The molecule has 26 heavy (non-hydrogen) atoms. The number of aliphatic hydroxyl groups is 1. The highest BCUT2D eigenvalue weighted by Crippen LogP contribution is 2.25. The first kappa shape index (κ1) is 16.7. The first-order valence-corrected chi connectivity index (χ1v) is 8.72. The van der Waals surface area contributed by atoms with E-state index in [4.69, 9.17) is 4.42 Å². The molecule has 0 amide bonds. The molecule has 8 heteroatoms. The smallest absolute Gasteiger partial charge is 0.209 e. The van der Waals surface area contributed by atoms with Gasteiger partial charge in [0.1, 0.15) is 23.5 Å². The van der Waals surface area contributed by atoms with E-state index in [1.54, 1.807) is 0 Å².